The number of halogens is 2. The van der Waals surface area contributed by atoms with Gasteiger partial charge in [0.2, 0.25) is 5.88 Å². The molecule has 1 heterocycles. The number of benzene rings is 1. The maximum Gasteiger partial charge on any atom is 0.212 e. The van der Waals surface area contributed by atoms with Crippen LogP contribution in [0.15, 0.2) is 34.9 Å². The van der Waals surface area contributed by atoms with Gasteiger partial charge in [0.15, 0.2) is 0 Å². The highest BCUT2D eigenvalue weighted by molar-refractivity contribution is 9.10. The number of ether oxygens (including phenoxy) is 1. The van der Waals surface area contributed by atoms with E-state index in [-0.39, 0.29) is 5.82 Å². The number of pyridine rings is 1. The van der Waals surface area contributed by atoms with E-state index >= 15 is 0 Å². The van der Waals surface area contributed by atoms with E-state index in [0.29, 0.717) is 16.9 Å². The molecule has 0 aliphatic rings. The zero-order valence-corrected chi connectivity index (χ0v) is 12.3. The number of aromatic nitrogens is 1. The second kappa shape index (κ2) is 6.02. The van der Waals surface area contributed by atoms with Crippen LogP contribution in [0, 0.1) is 12.7 Å². The molecule has 19 heavy (non-hydrogen) atoms. The minimum atomic E-state index is -0.255. The first-order chi connectivity index (χ1) is 9.10. The van der Waals surface area contributed by atoms with Crippen LogP contribution in [0.1, 0.15) is 11.1 Å². The molecule has 2 rings (SSSR count). The lowest BCUT2D eigenvalue weighted by molar-refractivity contribution is 0.397. The molecule has 3 nitrogen and oxygen atoms in total. The van der Waals surface area contributed by atoms with Gasteiger partial charge in [0.25, 0.3) is 0 Å². The quantitative estimate of drug-likeness (QED) is 0.925. The molecule has 2 aromatic rings. The summed E-state index contributed by atoms with van der Waals surface area (Å²) in [5.41, 5.74) is 2.78. The van der Waals surface area contributed by atoms with Crippen molar-refractivity contribution in [2.45, 2.75) is 13.5 Å². The van der Waals surface area contributed by atoms with E-state index in [9.17, 15) is 4.39 Å². The lowest BCUT2D eigenvalue weighted by Gasteiger charge is -2.11. The zero-order chi connectivity index (χ0) is 13.8. The van der Waals surface area contributed by atoms with Crippen LogP contribution in [0.3, 0.4) is 0 Å². The molecule has 0 spiro atoms. The summed E-state index contributed by atoms with van der Waals surface area (Å²) < 4.78 is 18.8. The van der Waals surface area contributed by atoms with Crippen LogP contribution in [-0.2, 0) is 6.54 Å². The van der Waals surface area contributed by atoms with Crippen LogP contribution >= 0.6 is 15.9 Å². The van der Waals surface area contributed by atoms with Crippen LogP contribution in [0.2, 0.25) is 0 Å². The third kappa shape index (κ3) is 3.44. The van der Waals surface area contributed by atoms with Crippen molar-refractivity contribution in [1.82, 2.24) is 4.98 Å². The Bertz CT molecular complexity index is 572. The van der Waals surface area contributed by atoms with Gasteiger partial charge in [-0.15, -0.1) is 0 Å². The van der Waals surface area contributed by atoms with Gasteiger partial charge >= 0.3 is 0 Å². The predicted molar refractivity (Wildman–Crippen MR) is 77.0 cm³/mol. The number of hydrogen-bond acceptors (Lipinski definition) is 3. The molecular weight excluding hydrogens is 311 g/mol. The molecule has 1 aromatic carbocycles. The predicted octanol–water partition coefficient (Wildman–Crippen LogP) is 3.91. The summed E-state index contributed by atoms with van der Waals surface area (Å²) in [5, 5.41) is 3.26. The summed E-state index contributed by atoms with van der Waals surface area (Å²) in [6.07, 6.45) is 1.75. The molecule has 0 radical (unpaired) electrons. The Kier molecular flexibility index (Phi) is 4.37. The fourth-order valence-electron chi connectivity index (χ4n) is 1.67. The van der Waals surface area contributed by atoms with Crippen LogP contribution in [-0.4, -0.2) is 12.1 Å². The molecule has 0 fully saturated rings. The fraction of sp³-hybridized carbons (Fsp3) is 0.214. The minimum Gasteiger partial charge on any atom is -0.481 e. The average Bonchev–Trinajstić information content (AvgIpc) is 2.42. The van der Waals surface area contributed by atoms with Crippen LogP contribution < -0.4 is 10.1 Å². The molecule has 100 valence electrons. The maximum atomic E-state index is 13.3. The van der Waals surface area contributed by atoms with Crippen molar-refractivity contribution in [3.05, 3.63) is 51.9 Å². The first-order valence-corrected chi connectivity index (χ1v) is 6.58. The number of aryl methyl sites for hydroxylation is 1. The van der Waals surface area contributed by atoms with E-state index in [1.807, 2.05) is 19.1 Å². The lowest BCUT2D eigenvalue weighted by Crippen LogP contribution is -2.02. The molecule has 0 aliphatic heterocycles. The number of anilines is 1. The Morgan fingerprint density at radius 1 is 1.37 bits per heavy atom. The van der Waals surface area contributed by atoms with Crippen LogP contribution in [0.4, 0.5) is 10.1 Å². The van der Waals surface area contributed by atoms with Gasteiger partial charge in [-0.25, -0.2) is 9.37 Å². The summed E-state index contributed by atoms with van der Waals surface area (Å²) in [6, 6.07) is 6.98. The monoisotopic (exact) mass is 324 g/mol. The Balaban J connectivity index is 2.07. The Hall–Kier alpha value is -1.62. The lowest BCUT2D eigenvalue weighted by atomic mass is 10.2. The van der Waals surface area contributed by atoms with Crippen molar-refractivity contribution in [2.75, 3.05) is 12.4 Å². The third-order valence-corrected chi connectivity index (χ3v) is 3.36. The van der Waals surface area contributed by atoms with Gasteiger partial charge in [-0.3, -0.25) is 0 Å². The molecule has 0 saturated carbocycles. The van der Waals surface area contributed by atoms with Crippen molar-refractivity contribution in [3.8, 4) is 5.88 Å². The van der Waals surface area contributed by atoms with E-state index in [1.54, 1.807) is 19.4 Å². The number of rotatable bonds is 4. The molecule has 0 atom stereocenters. The number of methoxy groups -OCH3 is 1. The molecule has 0 amide bonds. The zero-order valence-electron chi connectivity index (χ0n) is 10.7. The Labute approximate surface area is 119 Å². The molecule has 1 aromatic heterocycles. The molecular formula is C14H14BrFN2O. The minimum absolute atomic E-state index is 0.255. The van der Waals surface area contributed by atoms with E-state index < -0.39 is 0 Å². The van der Waals surface area contributed by atoms with Crippen molar-refractivity contribution < 1.29 is 9.13 Å². The van der Waals surface area contributed by atoms with Crippen molar-refractivity contribution in [1.29, 1.82) is 0 Å². The summed E-state index contributed by atoms with van der Waals surface area (Å²) in [7, 11) is 1.58. The summed E-state index contributed by atoms with van der Waals surface area (Å²) >= 11 is 3.18. The third-order valence-electron chi connectivity index (χ3n) is 2.76. The van der Waals surface area contributed by atoms with E-state index in [2.05, 4.69) is 26.2 Å². The normalized spacial score (nSPS) is 10.3. The molecule has 0 aliphatic carbocycles. The van der Waals surface area contributed by atoms with Gasteiger partial charge in [0.05, 0.1) is 11.6 Å². The molecule has 0 unspecified atom stereocenters. The molecule has 1 N–H and O–H groups in total. The Morgan fingerprint density at radius 3 is 2.79 bits per heavy atom. The highest BCUT2D eigenvalue weighted by atomic mass is 79.9. The van der Waals surface area contributed by atoms with Crippen molar-refractivity contribution >= 4 is 21.6 Å². The maximum absolute atomic E-state index is 13.3. The summed E-state index contributed by atoms with van der Waals surface area (Å²) in [6.45, 7) is 2.49. The second-order valence-electron chi connectivity index (χ2n) is 4.14. The molecule has 5 heteroatoms. The van der Waals surface area contributed by atoms with Crippen molar-refractivity contribution in [2.24, 2.45) is 0 Å². The number of nitrogens with zero attached hydrogens (tertiary/aromatic N) is 1. The first kappa shape index (κ1) is 13.8. The van der Waals surface area contributed by atoms with Gasteiger partial charge in [-0.1, -0.05) is 6.07 Å². The van der Waals surface area contributed by atoms with E-state index in [1.165, 1.54) is 6.07 Å². The molecule has 0 bridgehead atoms. The van der Waals surface area contributed by atoms with Crippen LogP contribution in [0.5, 0.6) is 5.88 Å². The molecule has 0 saturated heterocycles. The summed E-state index contributed by atoms with van der Waals surface area (Å²) in [4.78, 5) is 4.13. The van der Waals surface area contributed by atoms with Crippen LogP contribution in [0.25, 0.3) is 0 Å². The van der Waals surface area contributed by atoms with E-state index in [4.69, 9.17) is 4.74 Å². The highest BCUT2D eigenvalue weighted by Crippen LogP contribution is 2.24. The van der Waals surface area contributed by atoms with Gasteiger partial charge in [-0.05, 0) is 46.1 Å². The Morgan fingerprint density at radius 2 is 2.16 bits per heavy atom. The van der Waals surface area contributed by atoms with Crippen molar-refractivity contribution in [3.63, 3.8) is 0 Å². The second-order valence-corrected chi connectivity index (χ2v) is 5.00. The van der Waals surface area contributed by atoms with Gasteiger partial charge < -0.3 is 10.1 Å². The number of hydrogen-bond donors (Lipinski definition) is 1. The van der Waals surface area contributed by atoms with Gasteiger partial charge in [0.1, 0.15) is 5.82 Å². The SMILES string of the molecule is COc1ccc(CNc2cc(Br)c(F)cc2C)cn1. The average molecular weight is 325 g/mol. The van der Waals surface area contributed by atoms with Gasteiger partial charge in [0, 0.05) is 24.5 Å². The highest BCUT2D eigenvalue weighted by Gasteiger charge is 2.05. The first-order valence-electron chi connectivity index (χ1n) is 5.78. The standard InChI is InChI=1S/C14H14BrFN2O/c1-9-5-12(16)11(15)6-13(9)17-7-10-3-4-14(19-2)18-8-10/h3-6,8,17H,7H2,1-2H3. The largest absolute Gasteiger partial charge is 0.481 e. The number of nitrogens with one attached hydrogen (secondary N) is 1. The van der Waals surface area contributed by atoms with E-state index in [0.717, 1.165) is 16.8 Å². The fourth-order valence-corrected chi connectivity index (χ4v) is 2.01. The summed E-state index contributed by atoms with van der Waals surface area (Å²) in [5.74, 6) is 0.332. The topological polar surface area (TPSA) is 34.1 Å². The van der Waals surface area contributed by atoms with Gasteiger partial charge in [-0.2, -0.15) is 0 Å². The smallest absolute Gasteiger partial charge is 0.212 e.